The monoisotopic (exact) mass is 786 g/mol. The Morgan fingerprint density at radius 2 is 1.22 bits per heavy atom. The summed E-state index contributed by atoms with van der Waals surface area (Å²) in [5, 5.41) is 0.495. The van der Waals surface area contributed by atoms with Gasteiger partial charge in [0.1, 0.15) is 30.7 Å². The van der Waals surface area contributed by atoms with Crippen LogP contribution in [0.25, 0.3) is 0 Å². The van der Waals surface area contributed by atoms with E-state index in [0.717, 1.165) is 23.3 Å². The normalized spacial score (nSPS) is 23.4. The van der Waals surface area contributed by atoms with Gasteiger partial charge in [0.05, 0.1) is 34.9 Å². The summed E-state index contributed by atoms with van der Waals surface area (Å²) < 4.78 is 42.5. The second-order valence-electron chi connectivity index (χ2n) is 18.6. The van der Waals surface area contributed by atoms with Crippen LogP contribution in [0.2, 0.25) is 5.02 Å². The van der Waals surface area contributed by atoms with Crippen molar-refractivity contribution in [2.24, 2.45) is 21.7 Å². The first kappa shape index (κ1) is 44.0. The van der Waals surface area contributed by atoms with Crippen LogP contribution in [0.5, 0.6) is 5.75 Å². The standard InChI is InChI=1S/C43H59ClO11/c1-40(2,3)36(45)50-24-31-33(53-37(46)41(4,5)6)35(55-39(48)43(10,11)12)34(54-38(47)42(7,8)9)32(52-31)26-15-18-30(44)27(22-26)21-25-13-16-28(17-14-25)51-29-19-20-49-23-29/h13-18,22,29,31-35H,19-21,23-24H2,1-12H3/t29-,31-,32+,33-,34+,35+/m0/s1. The number of carbonyl (C=O) groups excluding carboxylic acids is 4. The average molecular weight is 787 g/mol. The summed E-state index contributed by atoms with van der Waals surface area (Å²) >= 11 is 6.79. The van der Waals surface area contributed by atoms with Gasteiger partial charge in [-0.25, -0.2) is 0 Å². The van der Waals surface area contributed by atoms with Crippen LogP contribution in [0, 0.1) is 21.7 Å². The summed E-state index contributed by atoms with van der Waals surface area (Å²) in [6, 6.07) is 13.1. The summed E-state index contributed by atoms with van der Waals surface area (Å²) in [6.45, 7) is 21.3. The maximum atomic E-state index is 13.7. The largest absolute Gasteiger partial charge is 0.488 e. The van der Waals surface area contributed by atoms with Gasteiger partial charge in [-0.1, -0.05) is 35.9 Å². The second-order valence-corrected chi connectivity index (χ2v) is 19.0. The van der Waals surface area contributed by atoms with Crippen molar-refractivity contribution in [3.05, 3.63) is 64.2 Å². The van der Waals surface area contributed by atoms with Gasteiger partial charge >= 0.3 is 23.9 Å². The van der Waals surface area contributed by atoms with Gasteiger partial charge in [-0.15, -0.1) is 0 Å². The molecule has 0 bridgehead atoms. The van der Waals surface area contributed by atoms with Crippen molar-refractivity contribution in [3.8, 4) is 5.75 Å². The molecule has 2 aliphatic heterocycles. The van der Waals surface area contributed by atoms with Crippen LogP contribution in [0.3, 0.4) is 0 Å². The Morgan fingerprint density at radius 1 is 0.691 bits per heavy atom. The molecule has 0 unspecified atom stereocenters. The van der Waals surface area contributed by atoms with E-state index in [1.165, 1.54) is 0 Å². The molecule has 0 radical (unpaired) electrons. The third kappa shape index (κ3) is 11.9. The minimum atomic E-state index is -1.36. The van der Waals surface area contributed by atoms with Crippen molar-refractivity contribution >= 4 is 35.5 Å². The Hall–Kier alpha value is -3.67. The number of benzene rings is 2. The predicted molar refractivity (Wildman–Crippen MR) is 207 cm³/mol. The van der Waals surface area contributed by atoms with Gasteiger partial charge in [0, 0.05) is 11.4 Å². The second kappa shape index (κ2) is 17.2. The molecule has 0 amide bonds. The van der Waals surface area contributed by atoms with Gasteiger partial charge in [0.2, 0.25) is 0 Å². The minimum absolute atomic E-state index is 0.0247. The van der Waals surface area contributed by atoms with Gasteiger partial charge in [-0.3, -0.25) is 19.2 Å². The van der Waals surface area contributed by atoms with Crippen molar-refractivity contribution in [3.63, 3.8) is 0 Å². The van der Waals surface area contributed by atoms with Crippen LogP contribution in [0.4, 0.5) is 0 Å². The molecule has 11 nitrogen and oxygen atoms in total. The van der Waals surface area contributed by atoms with Crippen molar-refractivity contribution < 1.29 is 52.3 Å². The minimum Gasteiger partial charge on any atom is -0.488 e. The molecule has 0 spiro atoms. The van der Waals surface area contributed by atoms with Gasteiger partial charge in [-0.2, -0.15) is 0 Å². The lowest BCUT2D eigenvalue weighted by molar-refractivity contribution is -0.262. The molecule has 2 saturated heterocycles. The molecule has 0 aliphatic carbocycles. The lowest BCUT2D eigenvalue weighted by Gasteiger charge is -2.46. The average Bonchev–Trinajstić information content (AvgIpc) is 3.58. The molecule has 2 aliphatic rings. The van der Waals surface area contributed by atoms with Crippen molar-refractivity contribution in [1.29, 1.82) is 0 Å². The van der Waals surface area contributed by atoms with Crippen molar-refractivity contribution in [1.82, 2.24) is 0 Å². The summed E-state index contributed by atoms with van der Waals surface area (Å²) in [4.78, 5) is 54.0. The fourth-order valence-corrected chi connectivity index (χ4v) is 5.79. The molecule has 0 N–H and O–H groups in total. The summed E-state index contributed by atoms with van der Waals surface area (Å²) in [7, 11) is 0. The van der Waals surface area contributed by atoms with Gasteiger partial charge < -0.3 is 33.2 Å². The summed E-state index contributed by atoms with van der Waals surface area (Å²) in [5.74, 6) is -1.61. The highest BCUT2D eigenvalue weighted by molar-refractivity contribution is 6.31. The molecule has 304 valence electrons. The molecular formula is C43H59ClO11. The van der Waals surface area contributed by atoms with E-state index in [-0.39, 0.29) is 12.7 Å². The number of carbonyl (C=O) groups is 4. The molecule has 12 heteroatoms. The fraction of sp³-hybridized carbons (Fsp3) is 0.628. The first-order valence-corrected chi connectivity index (χ1v) is 19.3. The van der Waals surface area contributed by atoms with Crippen LogP contribution in [0.1, 0.15) is 112 Å². The number of ether oxygens (including phenoxy) is 7. The maximum absolute atomic E-state index is 13.7. The number of halogens is 1. The Morgan fingerprint density at radius 3 is 1.73 bits per heavy atom. The molecule has 2 fully saturated rings. The Labute approximate surface area is 331 Å². The topological polar surface area (TPSA) is 133 Å². The Kier molecular flexibility index (Phi) is 13.8. The molecule has 2 aromatic carbocycles. The molecule has 2 aromatic rings. The van der Waals surface area contributed by atoms with E-state index in [1.807, 2.05) is 30.3 Å². The number of esters is 4. The summed E-state index contributed by atoms with van der Waals surface area (Å²) in [5.41, 5.74) is -1.51. The van der Waals surface area contributed by atoms with Crippen molar-refractivity contribution in [2.45, 2.75) is 133 Å². The highest BCUT2D eigenvalue weighted by Gasteiger charge is 2.55. The van der Waals surface area contributed by atoms with E-state index in [9.17, 15) is 19.2 Å². The molecule has 0 saturated carbocycles. The lowest BCUT2D eigenvalue weighted by atomic mass is 9.87. The van der Waals surface area contributed by atoms with E-state index < -0.39 is 76.1 Å². The van der Waals surface area contributed by atoms with E-state index in [0.29, 0.717) is 30.2 Å². The van der Waals surface area contributed by atoms with Gasteiger partial charge in [0.25, 0.3) is 0 Å². The molecule has 4 rings (SSSR count). The third-order valence-corrected chi connectivity index (χ3v) is 9.47. The SMILES string of the molecule is CC(C)(C)C(=O)OC[C@@H]1O[C@H](c2ccc(Cl)c(Cc3ccc(O[C@H]4CCOC4)cc3)c2)[C@@H](OC(=O)C(C)(C)C)[C@H](OC(=O)C(C)(C)C)[C@H]1OC(=O)C(C)(C)C. The summed E-state index contributed by atoms with van der Waals surface area (Å²) in [6.07, 6.45) is -4.89. The van der Waals surface area contributed by atoms with Crippen LogP contribution in [0.15, 0.2) is 42.5 Å². The van der Waals surface area contributed by atoms with Gasteiger partial charge in [0.15, 0.2) is 18.3 Å². The smallest absolute Gasteiger partial charge is 0.311 e. The zero-order valence-electron chi connectivity index (χ0n) is 34.4. The molecule has 6 atom stereocenters. The Balaban J connectivity index is 1.81. The number of rotatable bonds is 10. The van der Waals surface area contributed by atoms with Crippen LogP contribution in [-0.4, -0.2) is 74.2 Å². The quantitative estimate of drug-likeness (QED) is 0.171. The van der Waals surface area contributed by atoms with Crippen molar-refractivity contribution in [2.75, 3.05) is 19.8 Å². The Bertz CT molecular complexity index is 1670. The highest BCUT2D eigenvalue weighted by Crippen LogP contribution is 2.41. The molecule has 55 heavy (non-hydrogen) atoms. The number of hydrogen-bond donors (Lipinski definition) is 0. The van der Waals surface area contributed by atoms with Crippen LogP contribution < -0.4 is 4.74 Å². The van der Waals surface area contributed by atoms with Crippen LogP contribution >= 0.6 is 11.6 Å². The van der Waals surface area contributed by atoms with E-state index in [2.05, 4.69) is 0 Å². The first-order chi connectivity index (χ1) is 25.3. The zero-order chi connectivity index (χ0) is 41.1. The first-order valence-electron chi connectivity index (χ1n) is 18.9. The molecular weight excluding hydrogens is 728 g/mol. The van der Waals surface area contributed by atoms with E-state index >= 15 is 0 Å². The fourth-order valence-electron chi connectivity index (χ4n) is 5.61. The maximum Gasteiger partial charge on any atom is 0.311 e. The van der Waals surface area contributed by atoms with Gasteiger partial charge in [-0.05, 0) is 124 Å². The van der Waals surface area contributed by atoms with E-state index in [1.54, 1.807) is 95.2 Å². The predicted octanol–water partition coefficient (Wildman–Crippen LogP) is 8.00. The molecule has 0 aromatic heterocycles. The zero-order valence-corrected chi connectivity index (χ0v) is 35.2. The lowest BCUT2D eigenvalue weighted by Crippen LogP contribution is -2.61. The highest BCUT2D eigenvalue weighted by atomic mass is 35.5. The van der Waals surface area contributed by atoms with E-state index in [4.69, 9.17) is 44.8 Å². The number of hydrogen-bond acceptors (Lipinski definition) is 11. The third-order valence-electron chi connectivity index (χ3n) is 9.10. The molecule has 2 heterocycles. The van der Waals surface area contributed by atoms with Crippen LogP contribution in [-0.2, 0) is 54.0 Å².